The maximum absolute atomic E-state index is 10.5. The number of benzene rings is 2. The second kappa shape index (κ2) is 4.85. The number of rotatable bonds is 1. The molecule has 1 aliphatic heterocycles. The van der Waals surface area contributed by atoms with Gasteiger partial charge in [0.25, 0.3) is 0 Å². The largest absolute Gasteiger partial charge is 0.483 e. The average molecular weight is 294 g/mol. The second-order valence-corrected chi connectivity index (χ2v) is 5.84. The van der Waals surface area contributed by atoms with Gasteiger partial charge in [0.1, 0.15) is 17.4 Å². The standard InChI is InChI=1S/C18H18N2O2/c1-11-19-17-14(20(11)2)9-8-13-15(21)10-16(22-18(13)17)12-6-4-3-5-7-12/h3-9,15-16,21H,10H2,1-2H3. The molecule has 1 aliphatic rings. The Kier molecular flexibility index (Phi) is 2.94. The minimum atomic E-state index is -0.527. The molecule has 2 atom stereocenters. The molecule has 1 aromatic heterocycles. The summed E-state index contributed by atoms with van der Waals surface area (Å²) in [6.45, 7) is 1.97. The summed E-state index contributed by atoms with van der Waals surface area (Å²) in [7, 11) is 1.99. The van der Waals surface area contributed by atoms with Crippen LogP contribution in [0, 0.1) is 6.92 Å². The summed E-state index contributed by atoms with van der Waals surface area (Å²) in [5.74, 6) is 1.65. The summed E-state index contributed by atoms with van der Waals surface area (Å²) in [5.41, 5.74) is 3.77. The highest BCUT2D eigenvalue weighted by atomic mass is 16.5. The van der Waals surface area contributed by atoms with Crippen molar-refractivity contribution in [1.29, 1.82) is 0 Å². The van der Waals surface area contributed by atoms with Crippen LogP contribution >= 0.6 is 0 Å². The van der Waals surface area contributed by atoms with Crippen molar-refractivity contribution in [3.05, 3.63) is 59.4 Å². The number of aromatic nitrogens is 2. The summed E-state index contributed by atoms with van der Waals surface area (Å²) in [4.78, 5) is 4.62. The number of aliphatic hydroxyl groups is 1. The van der Waals surface area contributed by atoms with Gasteiger partial charge >= 0.3 is 0 Å². The van der Waals surface area contributed by atoms with E-state index in [4.69, 9.17) is 4.74 Å². The molecule has 0 radical (unpaired) electrons. The molecule has 4 rings (SSSR count). The van der Waals surface area contributed by atoms with Crippen molar-refractivity contribution in [1.82, 2.24) is 9.55 Å². The third kappa shape index (κ3) is 1.91. The predicted octanol–water partition coefficient (Wildman–Crippen LogP) is 3.44. The third-order valence-corrected chi connectivity index (χ3v) is 4.49. The van der Waals surface area contributed by atoms with E-state index >= 15 is 0 Å². The highest BCUT2D eigenvalue weighted by Gasteiger charge is 2.30. The minimum absolute atomic E-state index is 0.142. The molecule has 2 heterocycles. The summed E-state index contributed by atoms with van der Waals surface area (Å²) < 4.78 is 8.27. The van der Waals surface area contributed by atoms with Crippen LogP contribution in [0.5, 0.6) is 5.75 Å². The monoisotopic (exact) mass is 294 g/mol. The Balaban J connectivity index is 1.86. The molecular weight excluding hydrogens is 276 g/mol. The summed E-state index contributed by atoms with van der Waals surface area (Å²) >= 11 is 0. The summed E-state index contributed by atoms with van der Waals surface area (Å²) in [6, 6.07) is 14.0. The lowest BCUT2D eigenvalue weighted by Gasteiger charge is -2.30. The van der Waals surface area contributed by atoms with E-state index in [9.17, 15) is 5.11 Å². The first kappa shape index (κ1) is 13.3. The van der Waals surface area contributed by atoms with Crippen LogP contribution in [0.2, 0.25) is 0 Å². The number of hydrogen-bond donors (Lipinski definition) is 1. The van der Waals surface area contributed by atoms with E-state index in [-0.39, 0.29) is 6.10 Å². The van der Waals surface area contributed by atoms with E-state index in [0.717, 1.165) is 28.0 Å². The molecule has 0 saturated heterocycles. The SMILES string of the molecule is Cc1nc2c3c(ccc2n1C)C(O)CC(c1ccccc1)O3. The topological polar surface area (TPSA) is 47.3 Å². The number of ether oxygens (including phenoxy) is 1. The van der Waals surface area contributed by atoms with E-state index < -0.39 is 6.10 Å². The van der Waals surface area contributed by atoms with Crippen LogP contribution in [0.4, 0.5) is 0 Å². The molecule has 2 aromatic carbocycles. The zero-order valence-electron chi connectivity index (χ0n) is 12.7. The lowest BCUT2D eigenvalue weighted by Crippen LogP contribution is -2.19. The zero-order valence-corrected chi connectivity index (χ0v) is 12.7. The van der Waals surface area contributed by atoms with Gasteiger partial charge in [0.15, 0.2) is 5.75 Å². The van der Waals surface area contributed by atoms with E-state index in [1.807, 2.05) is 61.0 Å². The molecule has 0 fully saturated rings. The van der Waals surface area contributed by atoms with Crippen molar-refractivity contribution < 1.29 is 9.84 Å². The van der Waals surface area contributed by atoms with Gasteiger partial charge in [-0.1, -0.05) is 36.4 Å². The van der Waals surface area contributed by atoms with Gasteiger partial charge in [-0.25, -0.2) is 4.98 Å². The third-order valence-electron chi connectivity index (χ3n) is 4.49. The van der Waals surface area contributed by atoms with E-state index in [2.05, 4.69) is 4.98 Å². The first-order chi connectivity index (χ1) is 10.6. The van der Waals surface area contributed by atoms with Crippen LogP contribution in [0.3, 0.4) is 0 Å². The first-order valence-corrected chi connectivity index (χ1v) is 7.50. The second-order valence-electron chi connectivity index (χ2n) is 5.84. The molecule has 4 heteroatoms. The molecule has 2 unspecified atom stereocenters. The summed E-state index contributed by atoms with van der Waals surface area (Å²) in [6.07, 6.45) is -0.105. The van der Waals surface area contributed by atoms with Crippen LogP contribution in [-0.2, 0) is 7.05 Å². The quantitative estimate of drug-likeness (QED) is 0.748. The Bertz CT molecular complexity index is 839. The fraction of sp³-hybridized carbons (Fsp3) is 0.278. The molecule has 0 saturated carbocycles. The molecule has 0 aliphatic carbocycles. The predicted molar refractivity (Wildman–Crippen MR) is 84.8 cm³/mol. The van der Waals surface area contributed by atoms with Crippen molar-refractivity contribution in [3.63, 3.8) is 0 Å². The Morgan fingerprint density at radius 3 is 2.73 bits per heavy atom. The zero-order chi connectivity index (χ0) is 15.3. The Hall–Kier alpha value is -2.33. The minimum Gasteiger partial charge on any atom is -0.483 e. The lowest BCUT2D eigenvalue weighted by molar-refractivity contribution is 0.0670. The van der Waals surface area contributed by atoms with Gasteiger partial charge in [0.2, 0.25) is 0 Å². The Labute approximate surface area is 129 Å². The molecule has 112 valence electrons. The number of aryl methyl sites for hydroxylation is 2. The van der Waals surface area contributed by atoms with Crippen molar-refractivity contribution in [2.45, 2.75) is 25.6 Å². The van der Waals surface area contributed by atoms with Gasteiger partial charge in [-0.3, -0.25) is 0 Å². The van der Waals surface area contributed by atoms with Crippen LogP contribution in [0.25, 0.3) is 11.0 Å². The molecular formula is C18H18N2O2. The number of imidazole rings is 1. The van der Waals surface area contributed by atoms with Crippen LogP contribution in [-0.4, -0.2) is 14.7 Å². The van der Waals surface area contributed by atoms with Crippen molar-refractivity contribution in [2.24, 2.45) is 7.05 Å². The number of nitrogens with zero attached hydrogens (tertiary/aromatic N) is 2. The van der Waals surface area contributed by atoms with Gasteiger partial charge in [-0.05, 0) is 18.6 Å². The van der Waals surface area contributed by atoms with Crippen LogP contribution in [0.15, 0.2) is 42.5 Å². The van der Waals surface area contributed by atoms with Crippen LogP contribution < -0.4 is 4.74 Å². The van der Waals surface area contributed by atoms with Crippen LogP contribution in [0.1, 0.15) is 35.6 Å². The summed E-state index contributed by atoms with van der Waals surface area (Å²) in [5, 5.41) is 10.5. The molecule has 22 heavy (non-hydrogen) atoms. The average Bonchev–Trinajstić information content (AvgIpc) is 2.84. The highest BCUT2D eigenvalue weighted by molar-refractivity contribution is 5.84. The molecule has 3 aromatic rings. The van der Waals surface area contributed by atoms with E-state index in [1.165, 1.54) is 0 Å². The van der Waals surface area contributed by atoms with Crippen molar-refractivity contribution in [2.75, 3.05) is 0 Å². The van der Waals surface area contributed by atoms with Gasteiger partial charge in [0.05, 0.1) is 11.6 Å². The first-order valence-electron chi connectivity index (χ1n) is 7.50. The van der Waals surface area contributed by atoms with E-state index in [0.29, 0.717) is 12.2 Å². The normalized spacial score (nSPS) is 20.7. The Morgan fingerprint density at radius 1 is 1.18 bits per heavy atom. The van der Waals surface area contributed by atoms with Gasteiger partial charge in [-0.2, -0.15) is 0 Å². The Morgan fingerprint density at radius 2 is 1.95 bits per heavy atom. The van der Waals surface area contributed by atoms with E-state index in [1.54, 1.807) is 0 Å². The smallest absolute Gasteiger partial charge is 0.153 e. The number of fused-ring (bicyclic) bond motifs is 3. The highest BCUT2D eigenvalue weighted by Crippen LogP contribution is 2.44. The van der Waals surface area contributed by atoms with Gasteiger partial charge < -0.3 is 14.4 Å². The molecule has 1 N–H and O–H groups in total. The fourth-order valence-electron chi connectivity index (χ4n) is 3.14. The molecule has 0 amide bonds. The van der Waals surface area contributed by atoms with Crippen molar-refractivity contribution in [3.8, 4) is 5.75 Å². The van der Waals surface area contributed by atoms with Gasteiger partial charge in [0, 0.05) is 19.0 Å². The molecule has 0 spiro atoms. The van der Waals surface area contributed by atoms with Gasteiger partial charge in [-0.15, -0.1) is 0 Å². The van der Waals surface area contributed by atoms with Crippen molar-refractivity contribution >= 4 is 11.0 Å². The number of aliphatic hydroxyl groups excluding tert-OH is 1. The lowest BCUT2D eigenvalue weighted by atomic mass is 9.94. The number of hydrogen-bond acceptors (Lipinski definition) is 3. The fourth-order valence-corrected chi connectivity index (χ4v) is 3.14. The maximum atomic E-state index is 10.5. The molecule has 0 bridgehead atoms. The molecule has 4 nitrogen and oxygen atoms in total. The maximum Gasteiger partial charge on any atom is 0.153 e.